The third kappa shape index (κ3) is 2.00. The molecule has 4 rings (SSSR count). The molecule has 0 fully saturated rings. The Morgan fingerprint density at radius 1 is 1.29 bits per heavy atom. The minimum absolute atomic E-state index is 0.319. The van der Waals surface area contributed by atoms with Gasteiger partial charge in [0, 0.05) is 24.0 Å². The lowest BCUT2D eigenvalue weighted by Gasteiger charge is -2.37. The summed E-state index contributed by atoms with van der Waals surface area (Å²) in [5.41, 5.74) is 3.81. The van der Waals surface area contributed by atoms with Crippen molar-refractivity contribution in [2.75, 3.05) is 12.4 Å². The van der Waals surface area contributed by atoms with Crippen LogP contribution in [-0.4, -0.2) is 12.1 Å². The maximum atomic E-state index is 5.38. The Kier molecular flexibility index (Phi) is 2.92. The third-order valence-corrected chi connectivity index (χ3v) is 4.61. The van der Waals surface area contributed by atoms with Crippen LogP contribution in [0.1, 0.15) is 29.5 Å². The Labute approximate surface area is 124 Å². The zero-order chi connectivity index (χ0) is 14.2. The molecule has 1 aliphatic carbocycles. The van der Waals surface area contributed by atoms with E-state index in [0.29, 0.717) is 17.9 Å². The highest BCUT2D eigenvalue weighted by atomic mass is 16.5. The van der Waals surface area contributed by atoms with E-state index in [9.17, 15) is 0 Å². The van der Waals surface area contributed by atoms with Gasteiger partial charge in [0.15, 0.2) is 0 Å². The maximum absolute atomic E-state index is 5.38. The summed E-state index contributed by atoms with van der Waals surface area (Å²) in [5, 5.41) is 3.70. The third-order valence-electron chi connectivity index (χ3n) is 4.61. The molecule has 106 valence electrons. The van der Waals surface area contributed by atoms with E-state index in [-0.39, 0.29) is 0 Å². The van der Waals surface area contributed by atoms with Crippen LogP contribution in [0.4, 0.5) is 5.69 Å². The summed E-state index contributed by atoms with van der Waals surface area (Å²) in [6.07, 6.45) is 9.55. The highest BCUT2D eigenvalue weighted by molar-refractivity contribution is 5.61. The molecule has 0 radical (unpaired) electrons. The number of ether oxygens (including phenoxy) is 1. The van der Waals surface area contributed by atoms with Crippen LogP contribution in [-0.2, 0) is 0 Å². The number of hydrogen-bond donors (Lipinski definition) is 1. The lowest BCUT2D eigenvalue weighted by Crippen LogP contribution is -2.29. The van der Waals surface area contributed by atoms with Crippen LogP contribution in [0.3, 0.4) is 0 Å². The number of rotatable bonds is 2. The largest absolute Gasteiger partial charge is 0.497 e. The minimum Gasteiger partial charge on any atom is -0.497 e. The Bertz CT molecular complexity index is 681. The molecule has 2 heterocycles. The number of aromatic nitrogens is 1. The fourth-order valence-electron chi connectivity index (χ4n) is 3.59. The fraction of sp³-hybridized carbons (Fsp3) is 0.278. The van der Waals surface area contributed by atoms with Crippen molar-refractivity contribution in [3.63, 3.8) is 0 Å². The Hall–Kier alpha value is -2.29. The predicted molar refractivity (Wildman–Crippen MR) is 83.6 cm³/mol. The van der Waals surface area contributed by atoms with Crippen molar-refractivity contribution < 1.29 is 4.74 Å². The monoisotopic (exact) mass is 278 g/mol. The van der Waals surface area contributed by atoms with Gasteiger partial charge in [0.1, 0.15) is 5.75 Å². The first kappa shape index (κ1) is 12.5. The minimum atomic E-state index is 0.319. The van der Waals surface area contributed by atoms with E-state index in [4.69, 9.17) is 4.74 Å². The summed E-state index contributed by atoms with van der Waals surface area (Å²) in [6.45, 7) is 0. The molecular weight excluding hydrogens is 260 g/mol. The van der Waals surface area contributed by atoms with Gasteiger partial charge in [-0.25, -0.2) is 0 Å². The number of nitrogens with zero attached hydrogens (tertiary/aromatic N) is 1. The number of benzene rings is 1. The van der Waals surface area contributed by atoms with E-state index < -0.39 is 0 Å². The van der Waals surface area contributed by atoms with Crippen molar-refractivity contribution in [2.45, 2.75) is 18.4 Å². The zero-order valence-electron chi connectivity index (χ0n) is 12.0. The SMILES string of the molecule is COc1ccc2c(c1)[C@@H]1C=CC[C@@H]1[C@H](c1cccnc1)N2. The van der Waals surface area contributed by atoms with E-state index in [0.717, 1.165) is 12.2 Å². The number of nitrogens with one attached hydrogen (secondary N) is 1. The van der Waals surface area contributed by atoms with E-state index in [2.05, 4.69) is 40.7 Å². The van der Waals surface area contributed by atoms with Crippen LogP contribution in [0.5, 0.6) is 5.75 Å². The molecule has 2 aliphatic rings. The Morgan fingerprint density at radius 2 is 2.24 bits per heavy atom. The Morgan fingerprint density at radius 3 is 3.05 bits per heavy atom. The van der Waals surface area contributed by atoms with Crippen LogP contribution >= 0.6 is 0 Å². The van der Waals surface area contributed by atoms with Crippen molar-refractivity contribution in [1.82, 2.24) is 4.98 Å². The number of allylic oxidation sites excluding steroid dienone is 2. The molecule has 0 unspecified atom stereocenters. The van der Waals surface area contributed by atoms with Gasteiger partial charge in [0.05, 0.1) is 13.2 Å². The second-order valence-electron chi connectivity index (χ2n) is 5.72. The second-order valence-corrected chi connectivity index (χ2v) is 5.72. The molecular formula is C18H18N2O. The number of pyridine rings is 1. The van der Waals surface area contributed by atoms with Gasteiger partial charge in [0.25, 0.3) is 0 Å². The summed E-state index contributed by atoms with van der Waals surface area (Å²) in [5.74, 6) is 1.93. The number of anilines is 1. The molecule has 0 amide bonds. The highest BCUT2D eigenvalue weighted by Crippen LogP contribution is 2.50. The van der Waals surface area contributed by atoms with Gasteiger partial charge in [-0.3, -0.25) is 4.98 Å². The van der Waals surface area contributed by atoms with Crippen molar-refractivity contribution in [3.05, 3.63) is 66.0 Å². The predicted octanol–water partition coefficient (Wildman–Crippen LogP) is 3.92. The summed E-state index contributed by atoms with van der Waals surface area (Å²) < 4.78 is 5.38. The molecule has 0 bridgehead atoms. The molecule has 3 heteroatoms. The van der Waals surface area contributed by atoms with Gasteiger partial charge in [-0.05, 0) is 47.7 Å². The van der Waals surface area contributed by atoms with Crippen LogP contribution < -0.4 is 10.1 Å². The zero-order valence-corrected chi connectivity index (χ0v) is 12.0. The van der Waals surface area contributed by atoms with Crippen molar-refractivity contribution in [3.8, 4) is 5.75 Å². The first-order valence-electron chi connectivity index (χ1n) is 7.38. The number of methoxy groups -OCH3 is 1. The number of hydrogen-bond acceptors (Lipinski definition) is 3. The van der Waals surface area contributed by atoms with Gasteiger partial charge in [-0.2, -0.15) is 0 Å². The van der Waals surface area contributed by atoms with Crippen LogP contribution in [0.2, 0.25) is 0 Å². The highest BCUT2D eigenvalue weighted by Gasteiger charge is 2.38. The molecule has 3 nitrogen and oxygen atoms in total. The van der Waals surface area contributed by atoms with Gasteiger partial charge < -0.3 is 10.1 Å². The van der Waals surface area contributed by atoms with E-state index in [1.165, 1.54) is 16.8 Å². The van der Waals surface area contributed by atoms with E-state index in [1.807, 2.05) is 24.5 Å². The first-order valence-corrected chi connectivity index (χ1v) is 7.38. The molecule has 2 aromatic rings. The van der Waals surface area contributed by atoms with Crippen molar-refractivity contribution in [2.24, 2.45) is 5.92 Å². The lowest BCUT2D eigenvalue weighted by molar-refractivity contribution is 0.405. The molecule has 3 atom stereocenters. The van der Waals surface area contributed by atoms with Crippen LogP contribution in [0.15, 0.2) is 54.9 Å². The summed E-state index contributed by atoms with van der Waals surface area (Å²) in [4.78, 5) is 4.28. The number of fused-ring (bicyclic) bond motifs is 3. The quantitative estimate of drug-likeness (QED) is 0.845. The van der Waals surface area contributed by atoms with Crippen LogP contribution in [0, 0.1) is 5.92 Å². The molecule has 0 spiro atoms. The topological polar surface area (TPSA) is 34.1 Å². The van der Waals surface area contributed by atoms with Gasteiger partial charge in [-0.15, -0.1) is 0 Å². The average molecular weight is 278 g/mol. The van der Waals surface area contributed by atoms with Gasteiger partial charge in [-0.1, -0.05) is 18.2 Å². The second kappa shape index (κ2) is 4.92. The molecule has 21 heavy (non-hydrogen) atoms. The van der Waals surface area contributed by atoms with Crippen molar-refractivity contribution in [1.29, 1.82) is 0 Å². The fourth-order valence-corrected chi connectivity index (χ4v) is 3.59. The molecule has 1 aromatic heterocycles. The average Bonchev–Trinajstić information content (AvgIpc) is 3.04. The van der Waals surface area contributed by atoms with Gasteiger partial charge in [0.2, 0.25) is 0 Å². The smallest absolute Gasteiger partial charge is 0.119 e. The van der Waals surface area contributed by atoms with E-state index in [1.54, 1.807) is 7.11 Å². The normalized spacial score (nSPS) is 25.9. The first-order chi connectivity index (χ1) is 10.4. The summed E-state index contributed by atoms with van der Waals surface area (Å²) in [6, 6.07) is 10.8. The maximum Gasteiger partial charge on any atom is 0.119 e. The summed E-state index contributed by atoms with van der Waals surface area (Å²) in [7, 11) is 1.72. The summed E-state index contributed by atoms with van der Waals surface area (Å²) >= 11 is 0. The molecule has 0 saturated heterocycles. The van der Waals surface area contributed by atoms with E-state index >= 15 is 0 Å². The Balaban J connectivity index is 1.78. The van der Waals surface area contributed by atoms with Gasteiger partial charge >= 0.3 is 0 Å². The molecule has 1 aromatic carbocycles. The molecule has 1 N–H and O–H groups in total. The molecule has 0 saturated carbocycles. The van der Waals surface area contributed by atoms with Crippen molar-refractivity contribution >= 4 is 5.69 Å². The molecule has 1 aliphatic heterocycles. The van der Waals surface area contributed by atoms with Crippen LogP contribution in [0.25, 0.3) is 0 Å². The lowest BCUT2D eigenvalue weighted by atomic mass is 9.77. The standard InChI is InChI=1S/C18H18N2O/c1-21-13-7-8-17-16(10-13)14-5-2-6-15(14)18(20-17)12-4-3-9-19-11-12/h2-5,7-11,14-15,18,20H,6H2,1H3/t14-,15+,18+/m1/s1.